The fourth-order valence-corrected chi connectivity index (χ4v) is 1.98. The van der Waals surface area contributed by atoms with E-state index in [-0.39, 0.29) is 18.3 Å². The van der Waals surface area contributed by atoms with E-state index in [1.165, 1.54) is 25.3 Å². The van der Waals surface area contributed by atoms with Crippen LogP contribution in [0.1, 0.15) is 5.56 Å². The number of benzene rings is 2. The van der Waals surface area contributed by atoms with Gasteiger partial charge in [-0.2, -0.15) is 0 Å². The number of nitrogens with one attached hydrogen (secondary N) is 2. The highest BCUT2D eigenvalue weighted by Gasteiger charge is 2.04. The highest BCUT2D eigenvalue weighted by molar-refractivity contribution is 6.02. The SMILES string of the molecule is COCCOC(=O)Nc1cccc(NC(=O)/C=C/c2ccc(F)cc2)c1. The first-order valence-electron chi connectivity index (χ1n) is 7.84. The van der Waals surface area contributed by atoms with Gasteiger partial charge < -0.3 is 14.8 Å². The van der Waals surface area contributed by atoms with Gasteiger partial charge in [0.25, 0.3) is 0 Å². The Morgan fingerprint density at radius 3 is 2.42 bits per heavy atom. The molecule has 0 bridgehead atoms. The molecule has 0 saturated heterocycles. The van der Waals surface area contributed by atoms with Crippen molar-refractivity contribution in [1.82, 2.24) is 0 Å². The molecular weight excluding hydrogens is 339 g/mol. The fraction of sp³-hybridized carbons (Fsp3) is 0.158. The maximum Gasteiger partial charge on any atom is 0.411 e. The summed E-state index contributed by atoms with van der Waals surface area (Å²) in [4.78, 5) is 23.6. The monoisotopic (exact) mass is 358 g/mol. The Labute approximate surface area is 150 Å². The van der Waals surface area contributed by atoms with E-state index in [9.17, 15) is 14.0 Å². The van der Waals surface area contributed by atoms with E-state index in [0.717, 1.165) is 0 Å². The molecule has 0 unspecified atom stereocenters. The lowest BCUT2D eigenvalue weighted by Gasteiger charge is -2.08. The maximum absolute atomic E-state index is 12.8. The smallest absolute Gasteiger partial charge is 0.411 e. The number of rotatable bonds is 7. The van der Waals surface area contributed by atoms with Crippen molar-refractivity contribution in [2.75, 3.05) is 31.0 Å². The van der Waals surface area contributed by atoms with Gasteiger partial charge in [-0.25, -0.2) is 9.18 Å². The molecule has 2 aromatic carbocycles. The molecule has 0 aliphatic carbocycles. The van der Waals surface area contributed by atoms with Crippen LogP contribution in [0.25, 0.3) is 6.08 Å². The van der Waals surface area contributed by atoms with Crippen molar-refractivity contribution in [3.8, 4) is 0 Å². The van der Waals surface area contributed by atoms with Crippen molar-refractivity contribution in [3.63, 3.8) is 0 Å². The molecule has 0 radical (unpaired) electrons. The maximum atomic E-state index is 12.8. The third-order valence-electron chi connectivity index (χ3n) is 3.19. The number of halogens is 1. The number of carbonyl (C=O) groups is 2. The number of methoxy groups -OCH3 is 1. The van der Waals surface area contributed by atoms with Gasteiger partial charge in [-0.3, -0.25) is 10.1 Å². The van der Waals surface area contributed by atoms with E-state index >= 15 is 0 Å². The average molecular weight is 358 g/mol. The molecule has 0 fully saturated rings. The highest BCUT2D eigenvalue weighted by atomic mass is 19.1. The first-order valence-corrected chi connectivity index (χ1v) is 7.84. The van der Waals surface area contributed by atoms with Crippen molar-refractivity contribution in [3.05, 3.63) is 66.0 Å². The Hall–Kier alpha value is -3.19. The van der Waals surface area contributed by atoms with Gasteiger partial charge in [0.15, 0.2) is 0 Å². The van der Waals surface area contributed by atoms with Crippen molar-refractivity contribution >= 4 is 29.5 Å². The molecule has 0 aliphatic rings. The van der Waals surface area contributed by atoms with E-state index in [4.69, 9.17) is 9.47 Å². The molecule has 0 aliphatic heterocycles. The van der Waals surface area contributed by atoms with Gasteiger partial charge in [-0.15, -0.1) is 0 Å². The Morgan fingerprint density at radius 2 is 1.73 bits per heavy atom. The lowest BCUT2D eigenvalue weighted by atomic mass is 10.2. The largest absolute Gasteiger partial charge is 0.447 e. The summed E-state index contributed by atoms with van der Waals surface area (Å²) >= 11 is 0. The van der Waals surface area contributed by atoms with Crippen LogP contribution < -0.4 is 10.6 Å². The van der Waals surface area contributed by atoms with Crippen LogP contribution in [-0.2, 0) is 14.3 Å². The van der Waals surface area contributed by atoms with E-state index in [0.29, 0.717) is 23.5 Å². The van der Waals surface area contributed by atoms with Crippen LogP contribution in [-0.4, -0.2) is 32.3 Å². The molecular formula is C19H19FN2O4. The minimum absolute atomic E-state index is 0.146. The summed E-state index contributed by atoms with van der Waals surface area (Å²) in [5, 5.41) is 5.23. The second kappa shape index (κ2) is 9.95. The second-order valence-corrected chi connectivity index (χ2v) is 5.21. The molecule has 2 rings (SSSR count). The first-order chi connectivity index (χ1) is 12.6. The van der Waals surface area contributed by atoms with Crippen molar-refractivity contribution < 1.29 is 23.5 Å². The molecule has 2 aromatic rings. The zero-order valence-electron chi connectivity index (χ0n) is 14.2. The van der Waals surface area contributed by atoms with Crippen LogP contribution in [0.3, 0.4) is 0 Å². The number of hydrogen-bond donors (Lipinski definition) is 2. The van der Waals surface area contributed by atoms with Crippen molar-refractivity contribution in [2.45, 2.75) is 0 Å². The molecule has 0 aromatic heterocycles. The first kappa shape index (κ1) is 19.1. The predicted molar refractivity (Wildman–Crippen MR) is 97.4 cm³/mol. The molecule has 0 saturated carbocycles. The molecule has 0 spiro atoms. The number of ether oxygens (including phenoxy) is 2. The molecule has 26 heavy (non-hydrogen) atoms. The topological polar surface area (TPSA) is 76.7 Å². The number of amides is 2. The number of carbonyl (C=O) groups excluding carboxylic acids is 2. The van der Waals surface area contributed by atoms with E-state index in [2.05, 4.69) is 10.6 Å². The average Bonchev–Trinajstić information content (AvgIpc) is 2.62. The van der Waals surface area contributed by atoms with Crippen molar-refractivity contribution in [1.29, 1.82) is 0 Å². The summed E-state index contributed by atoms with van der Waals surface area (Å²) in [7, 11) is 1.51. The van der Waals surface area contributed by atoms with Crippen molar-refractivity contribution in [2.24, 2.45) is 0 Å². The normalized spacial score (nSPS) is 10.5. The number of anilines is 2. The standard InChI is InChI=1S/C19H19FN2O4/c1-25-11-12-26-19(24)22-17-4-2-3-16(13-17)21-18(23)10-7-14-5-8-15(20)9-6-14/h2-10,13H,11-12H2,1H3,(H,21,23)(H,22,24)/b10-7+. The minimum atomic E-state index is -0.610. The van der Waals surface area contributed by atoms with Crippen LogP contribution >= 0.6 is 0 Å². The highest BCUT2D eigenvalue weighted by Crippen LogP contribution is 2.15. The predicted octanol–water partition coefficient (Wildman–Crippen LogP) is 3.67. The third-order valence-corrected chi connectivity index (χ3v) is 3.19. The van der Waals surface area contributed by atoms with Crippen LogP contribution in [0, 0.1) is 5.82 Å². The summed E-state index contributed by atoms with van der Waals surface area (Å²) in [5.41, 5.74) is 1.69. The molecule has 0 heterocycles. The van der Waals surface area contributed by atoms with Crippen LogP contribution in [0.15, 0.2) is 54.6 Å². The van der Waals surface area contributed by atoms with E-state index in [1.54, 1.807) is 42.5 Å². The summed E-state index contributed by atoms with van der Waals surface area (Å²) in [6, 6.07) is 12.4. The van der Waals surface area contributed by atoms with Gasteiger partial charge in [0.1, 0.15) is 12.4 Å². The van der Waals surface area contributed by atoms with Gasteiger partial charge >= 0.3 is 6.09 Å². The molecule has 2 amide bonds. The van der Waals surface area contributed by atoms with Gasteiger partial charge in [-0.1, -0.05) is 18.2 Å². The lowest BCUT2D eigenvalue weighted by Crippen LogP contribution is -2.16. The summed E-state index contributed by atoms with van der Waals surface area (Å²) in [6.07, 6.45) is 2.30. The van der Waals surface area contributed by atoms with Crippen LogP contribution in [0.5, 0.6) is 0 Å². The molecule has 6 nitrogen and oxygen atoms in total. The molecule has 7 heteroatoms. The minimum Gasteiger partial charge on any atom is -0.447 e. The van der Waals surface area contributed by atoms with E-state index in [1.807, 2.05) is 0 Å². The Balaban J connectivity index is 1.89. The Bertz CT molecular complexity index is 775. The van der Waals surface area contributed by atoms with Gasteiger partial charge in [0.05, 0.1) is 6.61 Å². The quantitative estimate of drug-likeness (QED) is 0.585. The lowest BCUT2D eigenvalue weighted by molar-refractivity contribution is -0.111. The molecule has 2 N–H and O–H groups in total. The summed E-state index contributed by atoms with van der Waals surface area (Å²) in [5.74, 6) is -0.689. The van der Waals surface area contributed by atoms with Crippen LogP contribution in [0.2, 0.25) is 0 Å². The van der Waals surface area contributed by atoms with E-state index < -0.39 is 6.09 Å². The summed E-state index contributed by atoms with van der Waals surface area (Å²) in [6.45, 7) is 0.455. The zero-order valence-corrected chi connectivity index (χ0v) is 14.2. The van der Waals surface area contributed by atoms with Gasteiger partial charge in [-0.05, 0) is 42.0 Å². The second-order valence-electron chi connectivity index (χ2n) is 5.21. The fourth-order valence-electron chi connectivity index (χ4n) is 1.98. The van der Waals surface area contributed by atoms with Gasteiger partial charge in [0, 0.05) is 24.6 Å². The molecule has 0 atom stereocenters. The molecule has 136 valence electrons. The van der Waals surface area contributed by atoms with Crippen LogP contribution in [0.4, 0.5) is 20.6 Å². The Kier molecular flexibility index (Phi) is 7.32. The number of hydrogen-bond acceptors (Lipinski definition) is 4. The Morgan fingerprint density at radius 1 is 1.04 bits per heavy atom. The van der Waals surface area contributed by atoms with Gasteiger partial charge in [0.2, 0.25) is 5.91 Å². The third kappa shape index (κ3) is 6.74. The summed E-state index contributed by atoms with van der Waals surface area (Å²) < 4.78 is 22.5. The zero-order chi connectivity index (χ0) is 18.8.